The highest BCUT2D eigenvalue weighted by Gasteiger charge is 2.16. The van der Waals surface area contributed by atoms with Gasteiger partial charge in [0.1, 0.15) is 5.82 Å². The lowest BCUT2D eigenvalue weighted by Crippen LogP contribution is -2.06. The second-order valence-electron chi connectivity index (χ2n) is 6.98. The van der Waals surface area contributed by atoms with Gasteiger partial charge in [-0.3, -0.25) is 15.5 Å². The van der Waals surface area contributed by atoms with Crippen molar-refractivity contribution in [1.29, 1.82) is 5.41 Å². The zero-order valence-corrected chi connectivity index (χ0v) is 15.8. The highest BCUT2D eigenvalue weighted by Crippen LogP contribution is 2.31. The number of rotatable bonds is 4. The van der Waals surface area contributed by atoms with Gasteiger partial charge in [0.15, 0.2) is 0 Å². The van der Waals surface area contributed by atoms with Crippen LogP contribution in [0.15, 0.2) is 73.3 Å². The lowest BCUT2D eigenvalue weighted by molar-refractivity contribution is 0.631. The van der Waals surface area contributed by atoms with Crippen LogP contribution in [0.5, 0.6) is 0 Å². The van der Waals surface area contributed by atoms with Gasteiger partial charge in [-0.25, -0.2) is 4.39 Å². The molecule has 0 saturated carbocycles. The number of anilines is 1. The number of benzene rings is 2. The fourth-order valence-electron chi connectivity index (χ4n) is 3.59. The number of halogens is 1. The Labute approximate surface area is 171 Å². The van der Waals surface area contributed by atoms with Crippen LogP contribution in [0.4, 0.5) is 10.1 Å². The Bertz CT molecular complexity index is 1380. The molecule has 0 radical (unpaired) electrons. The van der Waals surface area contributed by atoms with Crippen LogP contribution < -0.4 is 5.73 Å². The minimum Gasteiger partial charge on any atom is -0.398 e. The third kappa shape index (κ3) is 2.93. The Morgan fingerprint density at radius 3 is 2.63 bits per heavy atom. The van der Waals surface area contributed by atoms with Gasteiger partial charge in [0.25, 0.3) is 0 Å². The lowest BCUT2D eigenvalue weighted by Gasteiger charge is -2.08. The molecule has 5 rings (SSSR count). The molecule has 6 nitrogen and oxygen atoms in total. The Morgan fingerprint density at radius 2 is 1.83 bits per heavy atom. The number of fused-ring (bicyclic) bond motifs is 1. The van der Waals surface area contributed by atoms with Crippen molar-refractivity contribution in [1.82, 2.24) is 20.2 Å². The summed E-state index contributed by atoms with van der Waals surface area (Å²) in [5, 5.41) is 16.3. The molecule has 0 unspecified atom stereocenters. The van der Waals surface area contributed by atoms with E-state index in [-0.39, 0.29) is 11.5 Å². The van der Waals surface area contributed by atoms with Crippen molar-refractivity contribution in [3.63, 3.8) is 0 Å². The van der Waals surface area contributed by atoms with Crippen molar-refractivity contribution in [2.75, 3.05) is 5.73 Å². The molecule has 2 aromatic carbocycles. The molecule has 0 aliphatic carbocycles. The van der Waals surface area contributed by atoms with E-state index in [1.54, 1.807) is 49.1 Å². The highest BCUT2D eigenvalue weighted by atomic mass is 19.1. The standard InChI is InChI=1S/C23H17FN6/c24-19-4-2-1-3-15(19)18-11-27-12-22-16(18)8-21(30-22)23(26)17-7-13(5-6-20(17)25)14-9-28-29-10-14/h1-12,26,30H,25H2,(H,28,29). The topological polar surface area (TPSA) is 107 Å². The van der Waals surface area contributed by atoms with Gasteiger partial charge >= 0.3 is 0 Å². The van der Waals surface area contributed by atoms with Gasteiger partial charge in [0, 0.05) is 45.7 Å². The maximum absolute atomic E-state index is 14.4. The van der Waals surface area contributed by atoms with Crippen molar-refractivity contribution < 1.29 is 4.39 Å². The molecule has 5 N–H and O–H groups in total. The van der Waals surface area contributed by atoms with Crippen LogP contribution in [0.1, 0.15) is 11.3 Å². The summed E-state index contributed by atoms with van der Waals surface area (Å²) in [6, 6.07) is 14.0. The van der Waals surface area contributed by atoms with E-state index in [2.05, 4.69) is 20.2 Å². The van der Waals surface area contributed by atoms with Crippen molar-refractivity contribution in [3.05, 3.63) is 90.4 Å². The number of nitrogens with zero attached hydrogens (tertiary/aromatic N) is 2. The number of nitrogens with one attached hydrogen (secondary N) is 3. The van der Waals surface area contributed by atoms with Gasteiger partial charge in [0.2, 0.25) is 0 Å². The van der Waals surface area contributed by atoms with E-state index in [1.807, 2.05) is 18.2 Å². The summed E-state index contributed by atoms with van der Waals surface area (Å²) in [4.78, 5) is 7.46. The van der Waals surface area contributed by atoms with Crippen molar-refractivity contribution in [2.45, 2.75) is 0 Å². The molecule has 0 aliphatic heterocycles. The molecular formula is C23H17FN6. The molecule has 0 atom stereocenters. The second-order valence-corrected chi connectivity index (χ2v) is 6.98. The lowest BCUT2D eigenvalue weighted by atomic mass is 9.99. The summed E-state index contributed by atoms with van der Waals surface area (Å²) in [7, 11) is 0. The molecule has 0 saturated heterocycles. The van der Waals surface area contributed by atoms with E-state index in [4.69, 9.17) is 11.1 Å². The van der Waals surface area contributed by atoms with Crippen LogP contribution in [0.25, 0.3) is 33.2 Å². The molecule has 146 valence electrons. The zero-order valence-electron chi connectivity index (χ0n) is 15.8. The predicted octanol–water partition coefficient (Wildman–Crippen LogP) is 4.76. The number of hydrogen-bond acceptors (Lipinski definition) is 4. The molecule has 0 amide bonds. The summed E-state index contributed by atoms with van der Waals surface area (Å²) in [5.74, 6) is -0.318. The van der Waals surface area contributed by atoms with Gasteiger partial charge in [0.05, 0.1) is 29.3 Å². The quantitative estimate of drug-likeness (QED) is 0.260. The molecule has 0 bridgehead atoms. The minimum atomic E-state index is -0.318. The molecule has 30 heavy (non-hydrogen) atoms. The fraction of sp³-hybridized carbons (Fsp3) is 0. The summed E-state index contributed by atoms with van der Waals surface area (Å²) in [6.07, 6.45) is 6.81. The monoisotopic (exact) mass is 396 g/mol. The van der Waals surface area contributed by atoms with Crippen LogP contribution in [-0.2, 0) is 0 Å². The van der Waals surface area contributed by atoms with Crippen LogP contribution in [0.3, 0.4) is 0 Å². The summed E-state index contributed by atoms with van der Waals surface area (Å²) in [6.45, 7) is 0. The number of nitrogen functional groups attached to an aromatic ring is 1. The first kappa shape index (κ1) is 17.8. The largest absolute Gasteiger partial charge is 0.398 e. The molecule has 0 aliphatic rings. The number of nitrogens with two attached hydrogens (primary N) is 1. The second kappa shape index (κ2) is 6.97. The van der Waals surface area contributed by atoms with Gasteiger partial charge in [-0.05, 0) is 29.8 Å². The first-order valence-electron chi connectivity index (χ1n) is 9.31. The number of hydrogen-bond donors (Lipinski definition) is 4. The van der Waals surface area contributed by atoms with Crippen molar-refractivity contribution in [2.24, 2.45) is 0 Å². The van der Waals surface area contributed by atoms with Crippen molar-refractivity contribution in [3.8, 4) is 22.3 Å². The SMILES string of the molecule is N=C(c1cc2c(-c3ccccc3F)cncc2[nH]1)c1cc(-c2cn[nH]c2)ccc1N. The minimum absolute atomic E-state index is 0.244. The van der Waals surface area contributed by atoms with Gasteiger partial charge < -0.3 is 10.7 Å². The molecule has 5 aromatic rings. The molecule has 7 heteroatoms. The molecule has 0 spiro atoms. The number of pyridine rings is 1. The normalized spacial score (nSPS) is 11.1. The number of aromatic nitrogens is 4. The first-order valence-corrected chi connectivity index (χ1v) is 9.31. The Kier molecular flexibility index (Phi) is 4.14. The van der Waals surface area contributed by atoms with Crippen molar-refractivity contribution >= 4 is 22.3 Å². The van der Waals surface area contributed by atoms with E-state index in [9.17, 15) is 4.39 Å². The zero-order chi connectivity index (χ0) is 20.7. The van der Waals surface area contributed by atoms with E-state index >= 15 is 0 Å². The third-order valence-corrected chi connectivity index (χ3v) is 5.13. The van der Waals surface area contributed by atoms with Gasteiger partial charge in [-0.1, -0.05) is 24.3 Å². The predicted molar refractivity (Wildman–Crippen MR) is 116 cm³/mol. The van der Waals surface area contributed by atoms with Gasteiger partial charge in [-0.15, -0.1) is 0 Å². The fourth-order valence-corrected chi connectivity index (χ4v) is 3.59. The van der Waals surface area contributed by atoms with Crippen LogP contribution in [0.2, 0.25) is 0 Å². The molecular weight excluding hydrogens is 379 g/mol. The van der Waals surface area contributed by atoms with Crippen LogP contribution in [0, 0.1) is 11.2 Å². The number of H-pyrrole nitrogens is 2. The summed E-state index contributed by atoms with van der Waals surface area (Å²) < 4.78 is 14.4. The average Bonchev–Trinajstić information content (AvgIpc) is 3.44. The maximum atomic E-state index is 14.4. The maximum Gasteiger partial charge on any atom is 0.131 e. The Balaban J connectivity index is 1.61. The summed E-state index contributed by atoms with van der Waals surface area (Å²) in [5.41, 5.74) is 11.8. The first-order chi connectivity index (χ1) is 14.6. The van der Waals surface area contributed by atoms with E-state index in [0.29, 0.717) is 28.1 Å². The molecule has 0 fully saturated rings. The molecule has 3 aromatic heterocycles. The van der Waals surface area contributed by atoms with E-state index < -0.39 is 0 Å². The highest BCUT2D eigenvalue weighted by molar-refractivity contribution is 6.15. The van der Waals surface area contributed by atoms with Gasteiger partial charge in [-0.2, -0.15) is 5.10 Å². The Morgan fingerprint density at radius 1 is 0.967 bits per heavy atom. The van der Waals surface area contributed by atoms with Crippen LogP contribution in [-0.4, -0.2) is 25.9 Å². The van der Waals surface area contributed by atoms with E-state index in [0.717, 1.165) is 22.0 Å². The molecule has 3 heterocycles. The smallest absolute Gasteiger partial charge is 0.131 e. The average molecular weight is 396 g/mol. The third-order valence-electron chi connectivity index (χ3n) is 5.13. The summed E-state index contributed by atoms with van der Waals surface area (Å²) >= 11 is 0. The van der Waals surface area contributed by atoms with Crippen LogP contribution >= 0.6 is 0 Å². The van der Waals surface area contributed by atoms with E-state index in [1.165, 1.54) is 6.07 Å². The number of aromatic amines is 2. The Hall–Kier alpha value is -4.26.